The highest BCUT2D eigenvalue weighted by atomic mass is 79.9. The molecule has 2 heteroatoms. The first kappa shape index (κ1) is 15.3. The zero-order chi connectivity index (χ0) is 14.5. The standard InChI is InChI=1S/C18H22BrN/c1-4-15-9-11-16(12-10-15)13(2)20-14(3)17-7-5-6-8-18(17)19/h5-14,20H,4H2,1-3H3. The highest BCUT2D eigenvalue weighted by Crippen LogP contribution is 2.25. The summed E-state index contributed by atoms with van der Waals surface area (Å²) in [6.45, 7) is 6.61. The van der Waals surface area contributed by atoms with Gasteiger partial charge in [-0.25, -0.2) is 0 Å². The summed E-state index contributed by atoms with van der Waals surface area (Å²) in [5.41, 5.74) is 4.02. The van der Waals surface area contributed by atoms with Crippen LogP contribution in [0.2, 0.25) is 0 Å². The molecule has 2 aromatic rings. The number of nitrogens with one attached hydrogen (secondary N) is 1. The van der Waals surface area contributed by atoms with E-state index < -0.39 is 0 Å². The third kappa shape index (κ3) is 3.71. The van der Waals surface area contributed by atoms with Gasteiger partial charge in [0.15, 0.2) is 0 Å². The molecule has 0 fully saturated rings. The maximum Gasteiger partial charge on any atom is 0.0308 e. The number of aryl methyl sites for hydroxylation is 1. The Hall–Kier alpha value is -1.12. The third-order valence-electron chi connectivity index (χ3n) is 3.76. The van der Waals surface area contributed by atoms with Gasteiger partial charge >= 0.3 is 0 Å². The van der Waals surface area contributed by atoms with Gasteiger partial charge < -0.3 is 5.32 Å². The van der Waals surface area contributed by atoms with E-state index in [4.69, 9.17) is 0 Å². The van der Waals surface area contributed by atoms with E-state index >= 15 is 0 Å². The third-order valence-corrected chi connectivity index (χ3v) is 4.48. The van der Waals surface area contributed by atoms with Gasteiger partial charge in [0.05, 0.1) is 0 Å². The van der Waals surface area contributed by atoms with Crippen LogP contribution in [0, 0.1) is 0 Å². The fourth-order valence-electron chi connectivity index (χ4n) is 2.43. The molecule has 0 radical (unpaired) electrons. The zero-order valence-corrected chi connectivity index (χ0v) is 13.9. The molecule has 0 spiro atoms. The predicted octanol–water partition coefficient (Wildman–Crippen LogP) is 5.42. The van der Waals surface area contributed by atoms with Crippen molar-refractivity contribution in [2.24, 2.45) is 0 Å². The molecule has 1 nitrogen and oxygen atoms in total. The van der Waals surface area contributed by atoms with E-state index in [1.54, 1.807) is 0 Å². The molecule has 0 aromatic heterocycles. The van der Waals surface area contributed by atoms with Gasteiger partial charge in [0.25, 0.3) is 0 Å². The predicted molar refractivity (Wildman–Crippen MR) is 89.9 cm³/mol. The van der Waals surface area contributed by atoms with Crippen LogP contribution in [0.15, 0.2) is 53.0 Å². The lowest BCUT2D eigenvalue weighted by Crippen LogP contribution is -2.22. The van der Waals surface area contributed by atoms with E-state index in [0.29, 0.717) is 12.1 Å². The monoisotopic (exact) mass is 331 g/mol. The number of benzene rings is 2. The molecule has 2 atom stereocenters. The van der Waals surface area contributed by atoms with Crippen molar-refractivity contribution in [2.45, 2.75) is 39.3 Å². The van der Waals surface area contributed by atoms with Gasteiger partial charge in [-0.15, -0.1) is 0 Å². The van der Waals surface area contributed by atoms with Crippen LogP contribution in [0.3, 0.4) is 0 Å². The summed E-state index contributed by atoms with van der Waals surface area (Å²) in [6, 6.07) is 17.9. The van der Waals surface area contributed by atoms with Crippen LogP contribution in [0.25, 0.3) is 0 Å². The summed E-state index contributed by atoms with van der Waals surface area (Å²) < 4.78 is 1.16. The molecular formula is C18H22BrN. The van der Waals surface area contributed by atoms with Crippen molar-refractivity contribution in [1.29, 1.82) is 0 Å². The van der Waals surface area contributed by atoms with Gasteiger partial charge in [-0.2, -0.15) is 0 Å². The Bertz CT molecular complexity index is 548. The molecule has 0 aliphatic rings. The molecule has 20 heavy (non-hydrogen) atoms. The Kier molecular flexibility index (Phi) is 5.38. The van der Waals surface area contributed by atoms with Crippen LogP contribution < -0.4 is 5.32 Å². The van der Waals surface area contributed by atoms with Crippen molar-refractivity contribution < 1.29 is 0 Å². The summed E-state index contributed by atoms with van der Waals surface area (Å²) in [5.74, 6) is 0. The van der Waals surface area contributed by atoms with E-state index in [1.807, 2.05) is 6.07 Å². The van der Waals surface area contributed by atoms with Gasteiger partial charge in [0.1, 0.15) is 0 Å². The minimum absolute atomic E-state index is 0.312. The molecule has 2 aromatic carbocycles. The van der Waals surface area contributed by atoms with Crippen molar-refractivity contribution in [2.75, 3.05) is 0 Å². The SMILES string of the molecule is CCc1ccc(C(C)NC(C)c2ccccc2Br)cc1. The van der Waals surface area contributed by atoms with Crippen LogP contribution in [0.1, 0.15) is 49.5 Å². The topological polar surface area (TPSA) is 12.0 Å². The Morgan fingerprint density at radius 1 is 0.950 bits per heavy atom. The average Bonchev–Trinajstić information content (AvgIpc) is 2.47. The fraction of sp³-hybridized carbons (Fsp3) is 0.333. The van der Waals surface area contributed by atoms with Crippen molar-refractivity contribution in [3.63, 3.8) is 0 Å². The highest BCUT2D eigenvalue weighted by molar-refractivity contribution is 9.10. The molecular weight excluding hydrogens is 310 g/mol. The van der Waals surface area contributed by atoms with E-state index in [2.05, 4.69) is 84.5 Å². The minimum atomic E-state index is 0.312. The van der Waals surface area contributed by atoms with Crippen LogP contribution in [-0.4, -0.2) is 0 Å². The minimum Gasteiger partial charge on any atom is -0.304 e. The van der Waals surface area contributed by atoms with Gasteiger partial charge in [0.2, 0.25) is 0 Å². The van der Waals surface area contributed by atoms with E-state index in [0.717, 1.165) is 10.9 Å². The summed E-state index contributed by atoms with van der Waals surface area (Å²) in [4.78, 5) is 0. The van der Waals surface area contributed by atoms with Crippen LogP contribution in [0.5, 0.6) is 0 Å². The van der Waals surface area contributed by atoms with Gasteiger partial charge in [-0.1, -0.05) is 65.3 Å². The number of hydrogen-bond donors (Lipinski definition) is 1. The lowest BCUT2D eigenvalue weighted by Gasteiger charge is -2.22. The van der Waals surface area contributed by atoms with Crippen LogP contribution in [0.4, 0.5) is 0 Å². The summed E-state index contributed by atoms with van der Waals surface area (Å²) >= 11 is 3.62. The van der Waals surface area contributed by atoms with Crippen molar-refractivity contribution >= 4 is 15.9 Å². The zero-order valence-electron chi connectivity index (χ0n) is 12.4. The Balaban J connectivity index is 2.06. The average molecular weight is 332 g/mol. The normalized spacial score (nSPS) is 14.0. The number of rotatable bonds is 5. The molecule has 0 bridgehead atoms. The Morgan fingerprint density at radius 3 is 2.20 bits per heavy atom. The quantitative estimate of drug-likeness (QED) is 0.770. The van der Waals surface area contributed by atoms with Crippen molar-refractivity contribution in [3.8, 4) is 0 Å². The fourth-order valence-corrected chi connectivity index (χ4v) is 3.06. The van der Waals surface area contributed by atoms with E-state index in [1.165, 1.54) is 16.7 Å². The molecule has 0 heterocycles. The molecule has 0 aliphatic heterocycles. The van der Waals surface area contributed by atoms with Crippen molar-refractivity contribution in [1.82, 2.24) is 5.32 Å². The maximum atomic E-state index is 3.66. The van der Waals surface area contributed by atoms with E-state index in [-0.39, 0.29) is 0 Å². The summed E-state index contributed by atoms with van der Waals surface area (Å²) in [5, 5.41) is 3.66. The lowest BCUT2D eigenvalue weighted by molar-refractivity contribution is 0.493. The van der Waals surface area contributed by atoms with Crippen LogP contribution >= 0.6 is 15.9 Å². The Labute approximate surface area is 130 Å². The highest BCUT2D eigenvalue weighted by Gasteiger charge is 2.12. The maximum absolute atomic E-state index is 3.66. The summed E-state index contributed by atoms with van der Waals surface area (Å²) in [7, 11) is 0. The summed E-state index contributed by atoms with van der Waals surface area (Å²) in [6.07, 6.45) is 1.09. The smallest absolute Gasteiger partial charge is 0.0308 e. The first-order valence-corrected chi connectivity index (χ1v) is 8.00. The largest absolute Gasteiger partial charge is 0.304 e. The molecule has 0 amide bonds. The van der Waals surface area contributed by atoms with Gasteiger partial charge in [-0.05, 0) is 43.0 Å². The molecule has 106 valence electrons. The lowest BCUT2D eigenvalue weighted by atomic mass is 10.0. The van der Waals surface area contributed by atoms with Crippen LogP contribution in [-0.2, 0) is 6.42 Å². The molecule has 0 saturated carbocycles. The molecule has 2 unspecified atom stereocenters. The second-order valence-electron chi connectivity index (χ2n) is 5.23. The molecule has 0 aliphatic carbocycles. The number of halogens is 1. The molecule has 1 N–H and O–H groups in total. The van der Waals surface area contributed by atoms with Crippen molar-refractivity contribution in [3.05, 3.63) is 69.7 Å². The second kappa shape index (κ2) is 7.05. The van der Waals surface area contributed by atoms with E-state index in [9.17, 15) is 0 Å². The Morgan fingerprint density at radius 2 is 1.60 bits per heavy atom. The number of hydrogen-bond acceptors (Lipinski definition) is 1. The van der Waals surface area contributed by atoms with Gasteiger partial charge in [0, 0.05) is 16.6 Å². The molecule has 0 saturated heterocycles. The first-order chi connectivity index (χ1) is 9.61. The molecule has 2 rings (SSSR count). The second-order valence-corrected chi connectivity index (χ2v) is 6.08. The first-order valence-electron chi connectivity index (χ1n) is 7.21. The van der Waals surface area contributed by atoms with Gasteiger partial charge in [-0.3, -0.25) is 0 Å².